The van der Waals surface area contributed by atoms with Crippen molar-refractivity contribution in [3.05, 3.63) is 41.2 Å². The van der Waals surface area contributed by atoms with Gasteiger partial charge in [0.25, 0.3) is 0 Å². The minimum Gasteiger partial charge on any atom is -1.00 e. The van der Waals surface area contributed by atoms with Gasteiger partial charge in [-0.25, -0.2) is 13.9 Å². The quantitative estimate of drug-likeness (QED) is 0.547. The van der Waals surface area contributed by atoms with Gasteiger partial charge in [-0.15, -0.1) is 0 Å². The summed E-state index contributed by atoms with van der Waals surface area (Å²) in [7, 11) is 0. The SMILES string of the molecule is CCOC(=O)Cn1cc[n+](-c2c(C)cc(C)cc2C)c1N.[Br-]. The molecule has 0 aliphatic rings. The van der Waals surface area contributed by atoms with Gasteiger partial charge in [-0.3, -0.25) is 5.73 Å². The molecule has 22 heavy (non-hydrogen) atoms. The second-order valence-electron chi connectivity index (χ2n) is 5.21. The third-order valence-electron chi connectivity index (χ3n) is 3.42. The van der Waals surface area contributed by atoms with Crippen molar-refractivity contribution >= 4 is 11.9 Å². The van der Waals surface area contributed by atoms with E-state index in [9.17, 15) is 4.79 Å². The molecule has 2 N–H and O–H groups in total. The van der Waals surface area contributed by atoms with Crippen LogP contribution in [0.15, 0.2) is 24.5 Å². The van der Waals surface area contributed by atoms with Crippen LogP contribution in [0.4, 0.5) is 5.95 Å². The van der Waals surface area contributed by atoms with Crippen molar-refractivity contribution < 1.29 is 31.1 Å². The molecule has 120 valence electrons. The largest absolute Gasteiger partial charge is 1.00 e. The van der Waals surface area contributed by atoms with Gasteiger partial charge in [0.15, 0.2) is 6.54 Å². The third kappa shape index (κ3) is 3.68. The van der Waals surface area contributed by atoms with E-state index in [1.165, 1.54) is 5.56 Å². The summed E-state index contributed by atoms with van der Waals surface area (Å²) >= 11 is 0. The lowest BCUT2D eigenvalue weighted by molar-refractivity contribution is -0.580. The molecule has 1 heterocycles. The van der Waals surface area contributed by atoms with Crippen molar-refractivity contribution in [2.45, 2.75) is 34.2 Å². The maximum atomic E-state index is 11.6. The molecule has 6 heteroatoms. The highest BCUT2D eigenvalue weighted by Crippen LogP contribution is 2.17. The Morgan fingerprint density at radius 1 is 1.27 bits per heavy atom. The first-order chi connectivity index (χ1) is 9.93. The first kappa shape index (κ1) is 18.2. The van der Waals surface area contributed by atoms with Crippen LogP contribution in [-0.2, 0) is 16.1 Å². The maximum Gasteiger partial charge on any atom is 0.360 e. The number of nitrogens with two attached hydrogens (primary N) is 1. The number of hydrogen-bond donors (Lipinski definition) is 1. The van der Waals surface area contributed by atoms with Crippen LogP contribution in [0.5, 0.6) is 0 Å². The van der Waals surface area contributed by atoms with Gasteiger partial charge in [0.2, 0.25) is 0 Å². The molecule has 1 aromatic carbocycles. The van der Waals surface area contributed by atoms with E-state index in [1.54, 1.807) is 17.7 Å². The number of nitrogen functional groups attached to an aromatic ring is 1. The van der Waals surface area contributed by atoms with E-state index in [4.69, 9.17) is 10.5 Å². The molecular formula is C16H22BrN3O2. The second-order valence-corrected chi connectivity index (χ2v) is 5.21. The molecule has 0 aliphatic heterocycles. The van der Waals surface area contributed by atoms with E-state index in [0.717, 1.165) is 16.8 Å². The van der Waals surface area contributed by atoms with Gasteiger partial charge in [0, 0.05) is 0 Å². The highest BCUT2D eigenvalue weighted by molar-refractivity contribution is 5.69. The summed E-state index contributed by atoms with van der Waals surface area (Å²) in [6.45, 7) is 8.47. The molecule has 0 amide bonds. The number of esters is 1. The average Bonchev–Trinajstić information content (AvgIpc) is 2.71. The van der Waals surface area contributed by atoms with Crippen LogP contribution < -0.4 is 27.3 Å². The van der Waals surface area contributed by atoms with Gasteiger partial charge >= 0.3 is 11.9 Å². The van der Waals surface area contributed by atoms with Gasteiger partial charge < -0.3 is 21.7 Å². The van der Waals surface area contributed by atoms with Crippen molar-refractivity contribution in [2.24, 2.45) is 0 Å². The van der Waals surface area contributed by atoms with Crippen molar-refractivity contribution in [2.75, 3.05) is 12.3 Å². The average molecular weight is 368 g/mol. The van der Waals surface area contributed by atoms with E-state index < -0.39 is 0 Å². The van der Waals surface area contributed by atoms with E-state index in [1.807, 2.05) is 10.8 Å². The summed E-state index contributed by atoms with van der Waals surface area (Å²) in [5, 5.41) is 0. The topological polar surface area (TPSA) is 61.1 Å². The molecule has 0 saturated carbocycles. The van der Waals surface area contributed by atoms with Crippen LogP contribution in [0, 0.1) is 20.8 Å². The normalized spacial score (nSPS) is 10.2. The summed E-state index contributed by atoms with van der Waals surface area (Å²) in [4.78, 5) is 11.6. The number of aryl methyl sites for hydroxylation is 3. The lowest BCUT2D eigenvalue weighted by Gasteiger charge is -2.09. The molecule has 0 radical (unpaired) electrons. The Morgan fingerprint density at radius 2 is 1.86 bits per heavy atom. The fourth-order valence-corrected chi connectivity index (χ4v) is 2.66. The molecule has 0 atom stereocenters. The minimum absolute atomic E-state index is 0. The molecule has 0 unspecified atom stereocenters. The summed E-state index contributed by atoms with van der Waals surface area (Å²) in [5.41, 5.74) is 10.8. The number of carbonyl (C=O) groups is 1. The van der Waals surface area contributed by atoms with Crippen molar-refractivity contribution in [3.63, 3.8) is 0 Å². The predicted octanol–water partition coefficient (Wildman–Crippen LogP) is -1.16. The number of ether oxygens (including phenoxy) is 1. The van der Waals surface area contributed by atoms with Gasteiger partial charge in [-0.1, -0.05) is 17.7 Å². The van der Waals surface area contributed by atoms with Crippen LogP contribution >= 0.6 is 0 Å². The second kappa shape index (κ2) is 7.45. The van der Waals surface area contributed by atoms with Gasteiger partial charge in [-0.2, -0.15) is 0 Å². The Balaban J connectivity index is 0.00000242. The number of halogens is 1. The van der Waals surface area contributed by atoms with E-state index in [0.29, 0.717) is 12.6 Å². The standard InChI is InChI=1S/C16H21N3O2.BrH/c1-5-21-14(20)10-18-6-7-19(16(18)17)15-12(3)8-11(2)9-13(15)4;/h6-9,17H,5,10H2,1-4H3;1H. The number of imidazole rings is 1. The molecular weight excluding hydrogens is 346 g/mol. The van der Waals surface area contributed by atoms with Crippen LogP contribution in [0.2, 0.25) is 0 Å². The summed E-state index contributed by atoms with van der Waals surface area (Å²) in [5.74, 6) is 0.224. The number of hydrogen-bond acceptors (Lipinski definition) is 3. The van der Waals surface area contributed by atoms with Crippen molar-refractivity contribution in [1.29, 1.82) is 0 Å². The number of carbonyl (C=O) groups excluding carboxylic acids is 1. The molecule has 0 bridgehead atoms. The van der Waals surface area contributed by atoms with Crippen molar-refractivity contribution in [3.8, 4) is 5.69 Å². The zero-order valence-electron chi connectivity index (χ0n) is 13.4. The number of nitrogens with zero attached hydrogens (tertiary/aromatic N) is 2. The third-order valence-corrected chi connectivity index (χ3v) is 3.42. The zero-order chi connectivity index (χ0) is 15.6. The highest BCUT2D eigenvalue weighted by atomic mass is 79.9. The van der Waals surface area contributed by atoms with Crippen LogP contribution in [0.3, 0.4) is 0 Å². The molecule has 0 saturated heterocycles. The van der Waals surface area contributed by atoms with Crippen LogP contribution in [0.1, 0.15) is 23.6 Å². The van der Waals surface area contributed by atoms with Gasteiger partial charge in [-0.05, 0) is 38.8 Å². The van der Waals surface area contributed by atoms with Gasteiger partial charge in [0.05, 0.1) is 12.8 Å². The molecule has 1 aromatic heterocycles. The predicted molar refractivity (Wildman–Crippen MR) is 81.2 cm³/mol. The van der Waals surface area contributed by atoms with Crippen LogP contribution in [-0.4, -0.2) is 17.1 Å². The van der Waals surface area contributed by atoms with Crippen molar-refractivity contribution in [1.82, 2.24) is 4.57 Å². The zero-order valence-corrected chi connectivity index (χ0v) is 15.0. The molecule has 5 nitrogen and oxygen atoms in total. The molecule has 0 spiro atoms. The summed E-state index contributed by atoms with van der Waals surface area (Å²) < 4.78 is 8.55. The summed E-state index contributed by atoms with van der Waals surface area (Å²) in [6.07, 6.45) is 3.67. The lowest BCUT2D eigenvalue weighted by atomic mass is 10.1. The Bertz CT molecular complexity index is 657. The number of rotatable bonds is 4. The molecule has 2 rings (SSSR count). The Kier molecular flexibility index (Phi) is 6.17. The monoisotopic (exact) mass is 367 g/mol. The van der Waals surface area contributed by atoms with Gasteiger partial charge in [0.1, 0.15) is 11.9 Å². The first-order valence-corrected chi connectivity index (χ1v) is 7.04. The minimum atomic E-state index is -0.288. The number of benzene rings is 1. The van der Waals surface area contributed by atoms with E-state index in [-0.39, 0.29) is 29.5 Å². The number of anilines is 1. The summed E-state index contributed by atoms with van der Waals surface area (Å²) in [6, 6.07) is 4.24. The fraction of sp³-hybridized carbons (Fsp3) is 0.375. The highest BCUT2D eigenvalue weighted by Gasteiger charge is 2.19. The Hall–Kier alpha value is -1.82. The van der Waals surface area contributed by atoms with E-state index in [2.05, 4.69) is 32.9 Å². The smallest absolute Gasteiger partial charge is 0.360 e. The molecule has 0 aliphatic carbocycles. The Labute approximate surface area is 141 Å². The Morgan fingerprint density at radius 3 is 2.41 bits per heavy atom. The molecule has 0 fully saturated rings. The van der Waals surface area contributed by atoms with Crippen LogP contribution in [0.25, 0.3) is 5.69 Å². The lowest BCUT2D eigenvalue weighted by Crippen LogP contribution is -3.00. The van der Waals surface area contributed by atoms with E-state index >= 15 is 0 Å². The number of aromatic nitrogens is 2. The molecule has 2 aromatic rings. The fourth-order valence-electron chi connectivity index (χ4n) is 2.66. The maximum absolute atomic E-state index is 11.6. The first-order valence-electron chi connectivity index (χ1n) is 7.04.